The van der Waals surface area contributed by atoms with Crippen LogP contribution in [0.1, 0.15) is 46.0 Å². The van der Waals surface area contributed by atoms with Crippen LogP contribution < -0.4 is 0 Å². The third kappa shape index (κ3) is 2.95. The Bertz CT molecular complexity index is 298. The topological polar surface area (TPSA) is 37.3 Å². The van der Waals surface area contributed by atoms with Crippen LogP contribution in [0.3, 0.4) is 0 Å². The molecule has 0 fully saturated rings. The van der Waals surface area contributed by atoms with E-state index in [1.165, 1.54) is 12.0 Å². The number of rotatable bonds is 4. The summed E-state index contributed by atoms with van der Waals surface area (Å²) in [6, 6.07) is 0. The van der Waals surface area contributed by atoms with E-state index >= 15 is 0 Å². The maximum atomic E-state index is 10.8. The minimum atomic E-state index is -0.721. The van der Waals surface area contributed by atoms with Crippen molar-refractivity contribution in [1.29, 1.82) is 0 Å². The van der Waals surface area contributed by atoms with Gasteiger partial charge in [0.15, 0.2) is 0 Å². The number of carboxylic acids is 1. The molecule has 1 aliphatic carbocycles. The SMILES string of the molecule is C=CCC1=C(CC(=O)O)C(C)(C)CCC1. The lowest BCUT2D eigenvalue weighted by Gasteiger charge is -2.34. The summed E-state index contributed by atoms with van der Waals surface area (Å²) in [6.45, 7) is 8.03. The van der Waals surface area contributed by atoms with Crippen molar-refractivity contribution in [2.24, 2.45) is 5.41 Å². The predicted octanol–water partition coefficient (Wildman–Crippen LogP) is 3.54. The molecule has 0 spiro atoms. The fraction of sp³-hybridized carbons (Fsp3) is 0.615. The normalized spacial score (nSPS) is 20.1. The molecule has 0 aromatic carbocycles. The molecule has 2 heteroatoms. The molecule has 0 atom stereocenters. The van der Waals surface area contributed by atoms with Crippen molar-refractivity contribution >= 4 is 5.97 Å². The second-order valence-electron chi connectivity index (χ2n) is 4.88. The van der Waals surface area contributed by atoms with E-state index in [0.29, 0.717) is 0 Å². The van der Waals surface area contributed by atoms with Gasteiger partial charge in [0, 0.05) is 0 Å². The van der Waals surface area contributed by atoms with Crippen molar-refractivity contribution in [3.8, 4) is 0 Å². The van der Waals surface area contributed by atoms with Crippen molar-refractivity contribution in [3.63, 3.8) is 0 Å². The average Bonchev–Trinajstić information content (AvgIpc) is 2.10. The minimum Gasteiger partial charge on any atom is -0.481 e. The molecule has 0 saturated carbocycles. The van der Waals surface area contributed by atoms with Gasteiger partial charge in [-0.1, -0.05) is 31.1 Å². The fourth-order valence-corrected chi connectivity index (χ4v) is 2.44. The van der Waals surface area contributed by atoms with Crippen molar-refractivity contribution in [2.45, 2.75) is 46.0 Å². The van der Waals surface area contributed by atoms with E-state index in [1.807, 2.05) is 6.08 Å². The number of carbonyl (C=O) groups is 1. The second-order valence-corrected chi connectivity index (χ2v) is 4.88. The van der Waals surface area contributed by atoms with Crippen molar-refractivity contribution in [1.82, 2.24) is 0 Å². The molecule has 1 N–H and O–H groups in total. The molecule has 1 aliphatic rings. The Kier molecular flexibility index (Phi) is 3.72. The molecule has 84 valence electrons. The molecule has 0 bridgehead atoms. The summed E-state index contributed by atoms with van der Waals surface area (Å²) in [5.74, 6) is -0.721. The summed E-state index contributed by atoms with van der Waals surface area (Å²) < 4.78 is 0. The Balaban J connectivity index is 3.01. The van der Waals surface area contributed by atoms with Crippen LogP contribution in [0.4, 0.5) is 0 Å². The quantitative estimate of drug-likeness (QED) is 0.717. The first-order valence-electron chi connectivity index (χ1n) is 5.51. The van der Waals surface area contributed by atoms with Gasteiger partial charge in [0.1, 0.15) is 0 Å². The lowest BCUT2D eigenvalue weighted by atomic mass is 9.70. The maximum absolute atomic E-state index is 10.8. The molecular formula is C13H20O2. The van der Waals surface area contributed by atoms with Crippen molar-refractivity contribution in [2.75, 3.05) is 0 Å². The fourth-order valence-electron chi connectivity index (χ4n) is 2.44. The molecule has 0 amide bonds. The second kappa shape index (κ2) is 4.65. The van der Waals surface area contributed by atoms with E-state index in [2.05, 4.69) is 20.4 Å². The van der Waals surface area contributed by atoms with Crippen LogP contribution in [-0.4, -0.2) is 11.1 Å². The monoisotopic (exact) mass is 208 g/mol. The third-order valence-corrected chi connectivity index (χ3v) is 3.24. The largest absolute Gasteiger partial charge is 0.481 e. The van der Waals surface area contributed by atoms with Crippen LogP contribution in [0, 0.1) is 5.41 Å². The standard InChI is InChI=1S/C13H20O2/c1-4-6-10-7-5-8-13(2,3)11(10)9-12(14)15/h4H,1,5-9H2,2-3H3,(H,14,15). The van der Waals surface area contributed by atoms with Gasteiger partial charge in [0.2, 0.25) is 0 Å². The van der Waals surface area contributed by atoms with Gasteiger partial charge in [-0.2, -0.15) is 0 Å². The molecule has 0 aromatic heterocycles. The third-order valence-electron chi connectivity index (χ3n) is 3.24. The lowest BCUT2D eigenvalue weighted by Crippen LogP contribution is -2.23. The molecule has 1 rings (SSSR count). The van der Waals surface area contributed by atoms with E-state index in [-0.39, 0.29) is 11.8 Å². The van der Waals surface area contributed by atoms with Gasteiger partial charge in [-0.15, -0.1) is 6.58 Å². The summed E-state index contributed by atoms with van der Waals surface area (Å²) >= 11 is 0. The molecule has 15 heavy (non-hydrogen) atoms. The van der Waals surface area contributed by atoms with E-state index in [4.69, 9.17) is 5.11 Å². The van der Waals surface area contributed by atoms with Crippen LogP contribution in [0.5, 0.6) is 0 Å². The van der Waals surface area contributed by atoms with Gasteiger partial charge in [-0.3, -0.25) is 4.79 Å². The molecule has 0 radical (unpaired) electrons. The first-order chi connectivity index (χ1) is 6.97. The first-order valence-corrected chi connectivity index (χ1v) is 5.51. The smallest absolute Gasteiger partial charge is 0.307 e. The van der Waals surface area contributed by atoms with Gasteiger partial charge in [0.05, 0.1) is 6.42 Å². The van der Waals surface area contributed by atoms with E-state index in [0.717, 1.165) is 24.8 Å². The highest BCUT2D eigenvalue weighted by Gasteiger charge is 2.30. The summed E-state index contributed by atoms with van der Waals surface area (Å²) in [4.78, 5) is 10.8. The zero-order chi connectivity index (χ0) is 11.5. The van der Waals surface area contributed by atoms with Gasteiger partial charge in [0.25, 0.3) is 0 Å². The van der Waals surface area contributed by atoms with E-state index in [9.17, 15) is 4.79 Å². The molecule has 0 saturated heterocycles. The maximum Gasteiger partial charge on any atom is 0.307 e. The van der Waals surface area contributed by atoms with E-state index in [1.54, 1.807) is 0 Å². The Morgan fingerprint density at radius 3 is 2.80 bits per heavy atom. The minimum absolute atomic E-state index is 0.0506. The summed E-state index contributed by atoms with van der Waals surface area (Å²) in [5, 5.41) is 8.92. The number of aliphatic carboxylic acids is 1. The van der Waals surface area contributed by atoms with E-state index < -0.39 is 5.97 Å². The molecular weight excluding hydrogens is 188 g/mol. The Hall–Kier alpha value is -1.05. The Labute approximate surface area is 91.7 Å². The lowest BCUT2D eigenvalue weighted by molar-refractivity contribution is -0.136. The Morgan fingerprint density at radius 2 is 2.27 bits per heavy atom. The Morgan fingerprint density at radius 1 is 1.60 bits per heavy atom. The zero-order valence-corrected chi connectivity index (χ0v) is 9.68. The number of carboxylic acid groups (broad SMARTS) is 1. The first kappa shape index (κ1) is 12.0. The molecule has 0 unspecified atom stereocenters. The van der Waals surface area contributed by atoms with Crippen molar-refractivity contribution < 1.29 is 9.90 Å². The highest BCUT2D eigenvalue weighted by Crippen LogP contribution is 2.42. The highest BCUT2D eigenvalue weighted by molar-refractivity contribution is 5.70. The summed E-state index contributed by atoms with van der Waals surface area (Å²) in [7, 11) is 0. The molecule has 2 nitrogen and oxygen atoms in total. The molecule has 0 aliphatic heterocycles. The van der Waals surface area contributed by atoms with Gasteiger partial charge >= 0.3 is 5.97 Å². The number of allylic oxidation sites excluding steroid dienone is 2. The van der Waals surface area contributed by atoms with Gasteiger partial charge in [-0.05, 0) is 31.1 Å². The number of hydrogen-bond donors (Lipinski definition) is 1. The summed E-state index contributed by atoms with van der Waals surface area (Å²) in [6.07, 6.45) is 6.20. The van der Waals surface area contributed by atoms with Gasteiger partial charge in [-0.25, -0.2) is 0 Å². The average molecular weight is 208 g/mol. The van der Waals surface area contributed by atoms with Gasteiger partial charge < -0.3 is 5.11 Å². The highest BCUT2D eigenvalue weighted by atomic mass is 16.4. The van der Waals surface area contributed by atoms with Crippen molar-refractivity contribution in [3.05, 3.63) is 23.8 Å². The van der Waals surface area contributed by atoms with Crippen LogP contribution in [0.2, 0.25) is 0 Å². The van der Waals surface area contributed by atoms with Crippen LogP contribution in [0.15, 0.2) is 23.8 Å². The predicted molar refractivity (Wildman–Crippen MR) is 61.7 cm³/mol. The molecule has 0 aromatic rings. The van der Waals surface area contributed by atoms with Crippen LogP contribution >= 0.6 is 0 Å². The van der Waals surface area contributed by atoms with Crippen LogP contribution in [0.25, 0.3) is 0 Å². The molecule has 0 heterocycles. The number of hydrogen-bond acceptors (Lipinski definition) is 1. The van der Waals surface area contributed by atoms with Crippen LogP contribution in [-0.2, 0) is 4.79 Å². The summed E-state index contributed by atoms with van der Waals surface area (Å²) in [5.41, 5.74) is 2.47. The zero-order valence-electron chi connectivity index (χ0n) is 9.68.